The fourth-order valence-electron chi connectivity index (χ4n) is 2.01. The standard InChI is InChI=1S/C13H13BrN6/c1-20-7-18-19-12(20)6-17-13-9-4-8(14)2-3-11(9)16-5-10(13)15/h2-5,7H,6,15H2,1H3,(H,16,17). The first kappa shape index (κ1) is 12.9. The topological polar surface area (TPSA) is 81.7 Å². The molecule has 3 N–H and O–H groups in total. The quantitative estimate of drug-likeness (QED) is 0.769. The SMILES string of the molecule is Cn1cnnc1CNc1c(N)cnc2ccc(Br)cc12. The number of hydrogen-bond donors (Lipinski definition) is 2. The molecule has 20 heavy (non-hydrogen) atoms. The van der Waals surface area contributed by atoms with Crippen molar-refractivity contribution in [2.75, 3.05) is 11.1 Å². The maximum absolute atomic E-state index is 6.03. The molecular formula is C13H13BrN6. The van der Waals surface area contributed by atoms with E-state index < -0.39 is 0 Å². The Hall–Kier alpha value is -2.15. The average molecular weight is 333 g/mol. The molecule has 0 atom stereocenters. The number of nitrogens with two attached hydrogens (primary N) is 1. The van der Waals surface area contributed by atoms with Crippen LogP contribution in [-0.2, 0) is 13.6 Å². The smallest absolute Gasteiger partial charge is 0.151 e. The number of aryl methyl sites for hydroxylation is 1. The van der Waals surface area contributed by atoms with Gasteiger partial charge in [0.25, 0.3) is 0 Å². The largest absolute Gasteiger partial charge is 0.396 e. The summed E-state index contributed by atoms with van der Waals surface area (Å²) >= 11 is 3.47. The number of benzene rings is 1. The van der Waals surface area contributed by atoms with Crippen LogP contribution >= 0.6 is 15.9 Å². The van der Waals surface area contributed by atoms with E-state index in [9.17, 15) is 0 Å². The van der Waals surface area contributed by atoms with Crippen molar-refractivity contribution in [3.63, 3.8) is 0 Å². The Morgan fingerprint density at radius 2 is 2.25 bits per heavy atom. The third kappa shape index (κ3) is 2.32. The molecule has 0 amide bonds. The second-order valence-corrected chi connectivity index (χ2v) is 5.38. The lowest BCUT2D eigenvalue weighted by Gasteiger charge is -2.12. The number of anilines is 2. The molecule has 0 unspecified atom stereocenters. The van der Waals surface area contributed by atoms with Crippen LogP contribution in [0, 0.1) is 0 Å². The van der Waals surface area contributed by atoms with Gasteiger partial charge in [-0.1, -0.05) is 15.9 Å². The highest BCUT2D eigenvalue weighted by molar-refractivity contribution is 9.10. The van der Waals surface area contributed by atoms with E-state index in [2.05, 4.69) is 36.4 Å². The minimum Gasteiger partial charge on any atom is -0.396 e. The molecule has 3 rings (SSSR count). The molecule has 0 aliphatic rings. The second-order valence-electron chi connectivity index (χ2n) is 4.46. The molecule has 1 aromatic carbocycles. The lowest BCUT2D eigenvalue weighted by atomic mass is 10.1. The lowest BCUT2D eigenvalue weighted by Crippen LogP contribution is -2.08. The lowest BCUT2D eigenvalue weighted by molar-refractivity contribution is 0.813. The van der Waals surface area contributed by atoms with E-state index >= 15 is 0 Å². The Balaban J connectivity index is 1.99. The summed E-state index contributed by atoms with van der Waals surface area (Å²) in [5.74, 6) is 0.837. The van der Waals surface area contributed by atoms with Crippen molar-refractivity contribution in [2.24, 2.45) is 7.05 Å². The van der Waals surface area contributed by atoms with E-state index in [1.165, 1.54) is 0 Å². The number of hydrogen-bond acceptors (Lipinski definition) is 5. The summed E-state index contributed by atoms with van der Waals surface area (Å²) in [4.78, 5) is 4.33. The maximum Gasteiger partial charge on any atom is 0.151 e. The van der Waals surface area contributed by atoms with Gasteiger partial charge in [-0.15, -0.1) is 10.2 Å². The predicted molar refractivity (Wildman–Crippen MR) is 82.2 cm³/mol. The van der Waals surface area contributed by atoms with Crippen LogP contribution in [0.2, 0.25) is 0 Å². The minimum absolute atomic E-state index is 0.548. The van der Waals surface area contributed by atoms with E-state index in [-0.39, 0.29) is 0 Å². The van der Waals surface area contributed by atoms with Gasteiger partial charge in [0, 0.05) is 16.9 Å². The van der Waals surface area contributed by atoms with Gasteiger partial charge in [-0.25, -0.2) is 0 Å². The predicted octanol–water partition coefficient (Wildman–Crippen LogP) is 2.32. The monoisotopic (exact) mass is 332 g/mol. The van der Waals surface area contributed by atoms with Crippen molar-refractivity contribution < 1.29 is 0 Å². The normalized spacial score (nSPS) is 10.9. The molecule has 2 aromatic heterocycles. The van der Waals surface area contributed by atoms with Gasteiger partial charge in [0.15, 0.2) is 5.82 Å². The summed E-state index contributed by atoms with van der Waals surface area (Å²) in [6, 6.07) is 5.90. The molecule has 0 radical (unpaired) electrons. The van der Waals surface area contributed by atoms with E-state index in [1.807, 2.05) is 29.8 Å². The molecule has 0 saturated carbocycles. The Morgan fingerprint density at radius 3 is 3.00 bits per heavy atom. The Morgan fingerprint density at radius 1 is 1.40 bits per heavy atom. The Kier molecular flexibility index (Phi) is 3.27. The number of nitrogens with one attached hydrogen (secondary N) is 1. The zero-order chi connectivity index (χ0) is 14.1. The molecule has 0 aliphatic heterocycles. The molecule has 3 aromatic rings. The molecule has 0 aliphatic carbocycles. The fraction of sp³-hybridized carbons (Fsp3) is 0.154. The van der Waals surface area contributed by atoms with Gasteiger partial charge in [0.1, 0.15) is 6.33 Å². The summed E-state index contributed by atoms with van der Waals surface area (Å²) in [5, 5.41) is 12.2. The zero-order valence-corrected chi connectivity index (χ0v) is 12.4. The van der Waals surface area contributed by atoms with E-state index in [0.717, 1.165) is 26.9 Å². The van der Waals surface area contributed by atoms with Gasteiger partial charge in [-0.3, -0.25) is 4.98 Å². The third-order valence-electron chi connectivity index (χ3n) is 3.09. The first-order chi connectivity index (χ1) is 9.65. The number of pyridine rings is 1. The van der Waals surface area contributed by atoms with Gasteiger partial charge >= 0.3 is 0 Å². The molecular weight excluding hydrogens is 320 g/mol. The highest BCUT2D eigenvalue weighted by atomic mass is 79.9. The third-order valence-corrected chi connectivity index (χ3v) is 3.58. The zero-order valence-electron chi connectivity index (χ0n) is 10.8. The summed E-state index contributed by atoms with van der Waals surface area (Å²) in [7, 11) is 1.90. The molecule has 0 bridgehead atoms. The number of aromatic nitrogens is 4. The van der Waals surface area contributed by atoms with Crippen molar-refractivity contribution in [3.8, 4) is 0 Å². The molecule has 6 nitrogen and oxygen atoms in total. The molecule has 0 spiro atoms. The summed E-state index contributed by atoms with van der Waals surface area (Å²) in [6.45, 7) is 0.548. The van der Waals surface area contributed by atoms with E-state index in [4.69, 9.17) is 5.73 Å². The van der Waals surface area contributed by atoms with Crippen LogP contribution in [0.1, 0.15) is 5.82 Å². The van der Waals surface area contributed by atoms with Crippen LogP contribution in [0.4, 0.5) is 11.4 Å². The van der Waals surface area contributed by atoms with E-state index in [1.54, 1.807) is 12.5 Å². The van der Waals surface area contributed by atoms with E-state index in [0.29, 0.717) is 12.2 Å². The highest BCUT2D eigenvalue weighted by Crippen LogP contribution is 2.30. The van der Waals surface area contributed by atoms with Crippen LogP contribution in [0.15, 0.2) is 35.2 Å². The van der Waals surface area contributed by atoms with Crippen LogP contribution < -0.4 is 11.1 Å². The summed E-state index contributed by atoms with van der Waals surface area (Å²) in [5.41, 5.74) is 8.39. The van der Waals surface area contributed by atoms with Gasteiger partial charge in [0.05, 0.1) is 29.6 Å². The number of nitrogen functional groups attached to an aromatic ring is 1. The molecule has 7 heteroatoms. The summed E-state index contributed by atoms with van der Waals surface area (Å²) < 4.78 is 2.85. The number of nitrogens with zero attached hydrogens (tertiary/aromatic N) is 4. The first-order valence-corrected chi connectivity index (χ1v) is 6.85. The van der Waals surface area contributed by atoms with Gasteiger partial charge < -0.3 is 15.6 Å². The van der Waals surface area contributed by atoms with Crippen molar-refractivity contribution in [2.45, 2.75) is 6.54 Å². The highest BCUT2D eigenvalue weighted by Gasteiger charge is 2.08. The van der Waals surface area contributed by atoms with Crippen LogP contribution in [0.25, 0.3) is 10.9 Å². The second kappa shape index (κ2) is 5.09. The minimum atomic E-state index is 0.548. The average Bonchev–Trinajstić information content (AvgIpc) is 2.83. The molecule has 0 fully saturated rings. The Labute approximate surface area is 124 Å². The molecule has 2 heterocycles. The van der Waals surface area contributed by atoms with Gasteiger partial charge in [-0.2, -0.15) is 0 Å². The molecule has 0 saturated heterocycles. The number of halogens is 1. The van der Waals surface area contributed by atoms with Gasteiger partial charge in [-0.05, 0) is 18.2 Å². The first-order valence-electron chi connectivity index (χ1n) is 6.05. The van der Waals surface area contributed by atoms with Crippen LogP contribution in [0.5, 0.6) is 0 Å². The maximum atomic E-state index is 6.03. The Bertz CT molecular complexity index is 761. The van der Waals surface area contributed by atoms with Crippen molar-refractivity contribution in [1.29, 1.82) is 0 Å². The fourth-order valence-corrected chi connectivity index (χ4v) is 2.37. The van der Waals surface area contributed by atoms with Crippen molar-refractivity contribution in [3.05, 3.63) is 41.0 Å². The van der Waals surface area contributed by atoms with Crippen molar-refractivity contribution >= 4 is 38.2 Å². The van der Waals surface area contributed by atoms with Crippen LogP contribution in [-0.4, -0.2) is 19.7 Å². The number of rotatable bonds is 3. The number of fused-ring (bicyclic) bond motifs is 1. The van der Waals surface area contributed by atoms with Crippen LogP contribution in [0.3, 0.4) is 0 Å². The molecule has 102 valence electrons. The van der Waals surface area contributed by atoms with Crippen molar-refractivity contribution in [1.82, 2.24) is 19.7 Å². The van der Waals surface area contributed by atoms with Gasteiger partial charge in [0.2, 0.25) is 0 Å². The summed E-state index contributed by atoms with van der Waals surface area (Å²) in [6.07, 6.45) is 3.33.